The first-order valence-electron chi connectivity index (χ1n) is 9.93. The number of thiazole rings is 1. The Morgan fingerprint density at radius 1 is 0.677 bits per heavy atom. The third-order valence-corrected chi connectivity index (χ3v) is 5.84. The van der Waals surface area contributed by atoms with Gasteiger partial charge in [-0.2, -0.15) is 0 Å². The van der Waals surface area contributed by atoms with Gasteiger partial charge in [0.1, 0.15) is 5.01 Å². The largest absolute Gasteiger partial charge is 0.323 e. The molecule has 0 unspecified atom stereocenters. The summed E-state index contributed by atoms with van der Waals surface area (Å²) in [7, 11) is 0. The molecule has 2 N–H and O–H groups in total. The van der Waals surface area contributed by atoms with Crippen LogP contribution in [0, 0.1) is 0 Å². The molecule has 0 radical (unpaired) electrons. The number of anilines is 2. The van der Waals surface area contributed by atoms with Crippen molar-refractivity contribution in [3.63, 3.8) is 0 Å². The molecule has 5 rings (SSSR count). The zero-order valence-electron chi connectivity index (χ0n) is 16.6. The number of nitrogens with zero attached hydrogens (tertiary/aromatic N) is 1. The van der Waals surface area contributed by atoms with E-state index in [-0.39, 0.29) is 6.03 Å². The van der Waals surface area contributed by atoms with Crippen LogP contribution in [0.5, 0.6) is 0 Å². The maximum atomic E-state index is 12.5. The quantitative estimate of drug-likeness (QED) is 0.320. The molecule has 0 atom stereocenters. The molecule has 1 aromatic heterocycles. The lowest BCUT2D eigenvalue weighted by Gasteiger charge is -2.09. The number of carbonyl (C=O) groups is 1. The molecular weight excluding hydrogens is 402 g/mol. The van der Waals surface area contributed by atoms with Gasteiger partial charge >= 0.3 is 6.03 Å². The van der Waals surface area contributed by atoms with Crippen LogP contribution >= 0.6 is 11.3 Å². The van der Waals surface area contributed by atoms with Crippen molar-refractivity contribution < 1.29 is 4.79 Å². The van der Waals surface area contributed by atoms with E-state index in [1.54, 1.807) is 11.3 Å². The van der Waals surface area contributed by atoms with Gasteiger partial charge in [0.15, 0.2) is 0 Å². The van der Waals surface area contributed by atoms with E-state index in [2.05, 4.69) is 22.8 Å². The highest BCUT2D eigenvalue weighted by Gasteiger charge is 2.09. The number of rotatable bonds is 4. The lowest BCUT2D eigenvalue weighted by Crippen LogP contribution is -2.19. The van der Waals surface area contributed by atoms with E-state index in [0.29, 0.717) is 5.69 Å². The van der Waals surface area contributed by atoms with Crippen LogP contribution < -0.4 is 10.6 Å². The topological polar surface area (TPSA) is 54.0 Å². The molecule has 0 spiro atoms. The Balaban J connectivity index is 1.31. The second-order valence-corrected chi connectivity index (χ2v) is 7.98. The third-order valence-electron chi connectivity index (χ3n) is 4.95. The Morgan fingerprint density at radius 3 is 2.23 bits per heavy atom. The summed E-state index contributed by atoms with van der Waals surface area (Å²) in [5, 5.41) is 11.1. The number of hydrogen-bond acceptors (Lipinski definition) is 3. The van der Waals surface area contributed by atoms with Crippen molar-refractivity contribution in [1.82, 2.24) is 4.98 Å². The van der Waals surface area contributed by atoms with Gasteiger partial charge in [-0.25, -0.2) is 9.78 Å². The highest BCUT2D eigenvalue weighted by atomic mass is 32.1. The van der Waals surface area contributed by atoms with E-state index in [1.807, 2.05) is 90.3 Å². The Kier molecular flexibility index (Phi) is 5.17. The molecule has 0 fully saturated rings. The predicted octanol–water partition coefficient (Wildman–Crippen LogP) is 7.27. The first kappa shape index (κ1) is 19.0. The zero-order chi connectivity index (χ0) is 21.0. The molecule has 0 aliphatic heterocycles. The SMILES string of the molecule is O=C(Nc1cccc(-c2csc(-c3ccccc3)n2)c1)Nc1ccc2ccccc2c1. The predicted molar refractivity (Wildman–Crippen MR) is 130 cm³/mol. The summed E-state index contributed by atoms with van der Waals surface area (Å²) in [6.07, 6.45) is 0. The Labute approximate surface area is 184 Å². The second kappa shape index (κ2) is 8.42. The average molecular weight is 422 g/mol. The molecule has 150 valence electrons. The lowest BCUT2D eigenvalue weighted by atomic mass is 10.1. The molecule has 2 amide bonds. The van der Waals surface area contributed by atoms with Gasteiger partial charge in [0.25, 0.3) is 0 Å². The minimum Gasteiger partial charge on any atom is -0.308 e. The smallest absolute Gasteiger partial charge is 0.308 e. The molecule has 0 saturated carbocycles. The number of nitrogens with one attached hydrogen (secondary N) is 2. The van der Waals surface area contributed by atoms with Crippen LogP contribution in [0.15, 0.2) is 102 Å². The van der Waals surface area contributed by atoms with Gasteiger partial charge in [-0.15, -0.1) is 11.3 Å². The van der Waals surface area contributed by atoms with E-state index < -0.39 is 0 Å². The van der Waals surface area contributed by atoms with Gasteiger partial charge in [0, 0.05) is 27.9 Å². The highest BCUT2D eigenvalue weighted by molar-refractivity contribution is 7.13. The van der Waals surface area contributed by atoms with Crippen LogP contribution in [0.2, 0.25) is 0 Å². The molecular formula is C26H19N3OS. The van der Waals surface area contributed by atoms with E-state index in [4.69, 9.17) is 4.98 Å². The standard InChI is InChI=1S/C26H19N3OS/c30-26(28-23-14-13-18-7-4-5-10-20(18)15-23)27-22-12-6-11-21(16-22)24-17-31-25(29-24)19-8-2-1-3-9-19/h1-17H,(H2,27,28,30). The molecule has 4 nitrogen and oxygen atoms in total. The zero-order valence-corrected chi connectivity index (χ0v) is 17.4. The number of aromatic nitrogens is 1. The van der Waals surface area contributed by atoms with Crippen molar-refractivity contribution in [2.45, 2.75) is 0 Å². The van der Waals surface area contributed by atoms with Crippen molar-refractivity contribution in [3.05, 3.63) is 102 Å². The Bertz CT molecular complexity index is 1360. The maximum absolute atomic E-state index is 12.5. The van der Waals surface area contributed by atoms with E-state index in [9.17, 15) is 4.79 Å². The van der Waals surface area contributed by atoms with Crippen LogP contribution in [0.25, 0.3) is 32.6 Å². The van der Waals surface area contributed by atoms with Crippen molar-refractivity contribution in [2.24, 2.45) is 0 Å². The van der Waals surface area contributed by atoms with Crippen LogP contribution in [-0.4, -0.2) is 11.0 Å². The van der Waals surface area contributed by atoms with E-state index in [0.717, 1.165) is 38.3 Å². The number of hydrogen-bond donors (Lipinski definition) is 2. The first-order valence-corrected chi connectivity index (χ1v) is 10.8. The number of urea groups is 1. The Hall–Kier alpha value is -3.96. The van der Waals surface area contributed by atoms with Crippen LogP contribution in [-0.2, 0) is 0 Å². The molecule has 0 saturated heterocycles. The number of benzene rings is 4. The number of amides is 2. The summed E-state index contributed by atoms with van der Waals surface area (Å²) >= 11 is 1.61. The normalized spacial score (nSPS) is 10.7. The van der Waals surface area contributed by atoms with Gasteiger partial charge < -0.3 is 10.6 Å². The maximum Gasteiger partial charge on any atom is 0.323 e. The monoisotopic (exact) mass is 421 g/mol. The summed E-state index contributed by atoms with van der Waals surface area (Å²) in [6.45, 7) is 0. The summed E-state index contributed by atoms with van der Waals surface area (Å²) in [4.78, 5) is 17.3. The minimum absolute atomic E-state index is 0.282. The molecule has 1 heterocycles. The molecule has 0 aliphatic carbocycles. The fourth-order valence-electron chi connectivity index (χ4n) is 3.44. The lowest BCUT2D eigenvalue weighted by molar-refractivity contribution is 0.262. The van der Waals surface area contributed by atoms with Crippen molar-refractivity contribution in [3.8, 4) is 21.8 Å². The minimum atomic E-state index is -0.282. The van der Waals surface area contributed by atoms with Gasteiger partial charge in [0.2, 0.25) is 0 Å². The fourth-order valence-corrected chi connectivity index (χ4v) is 4.27. The highest BCUT2D eigenvalue weighted by Crippen LogP contribution is 2.30. The van der Waals surface area contributed by atoms with Crippen LogP contribution in [0.1, 0.15) is 0 Å². The third kappa shape index (κ3) is 4.32. The molecule has 5 heteroatoms. The van der Waals surface area contributed by atoms with Crippen molar-refractivity contribution in [1.29, 1.82) is 0 Å². The Morgan fingerprint density at radius 2 is 1.39 bits per heavy atom. The van der Waals surface area contributed by atoms with E-state index >= 15 is 0 Å². The van der Waals surface area contributed by atoms with Gasteiger partial charge in [-0.05, 0) is 35.0 Å². The van der Waals surface area contributed by atoms with Crippen molar-refractivity contribution >= 4 is 39.5 Å². The van der Waals surface area contributed by atoms with Crippen LogP contribution in [0.4, 0.5) is 16.2 Å². The first-order chi connectivity index (χ1) is 15.2. The number of fused-ring (bicyclic) bond motifs is 1. The molecule has 4 aromatic carbocycles. The van der Waals surface area contributed by atoms with Crippen molar-refractivity contribution in [2.75, 3.05) is 10.6 Å². The summed E-state index contributed by atoms with van der Waals surface area (Å²) in [5.41, 5.74) is 4.41. The summed E-state index contributed by atoms with van der Waals surface area (Å²) in [5.74, 6) is 0. The van der Waals surface area contributed by atoms with E-state index in [1.165, 1.54) is 0 Å². The molecule has 31 heavy (non-hydrogen) atoms. The number of carbonyl (C=O) groups excluding carboxylic acids is 1. The molecule has 5 aromatic rings. The second-order valence-electron chi connectivity index (χ2n) is 7.13. The summed E-state index contributed by atoms with van der Waals surface area (Å²) in [6, 6.07) is 31.5. The van der Waals surface area contributed by atoms with Gasteiger partial charge in [0.05, 0.1) is 5.69 Å². The van der Waals surface area contributed by atoms with Gasteiger partial charge in [-0.3, -0.25) is 0 Å². The average Bonchev–Trinajstić information content (AvgIpc) is 3.30. The van der Waals surface area contributed by atoms with Crippen LogP contribution in [0.3, 0.4) is 0 Å². The fraction of sp³-hybridized carbons (Fsp3) is 0. The molecule has 0 aliphatic rings. The summed E-state index contributed by atoms with van der Waals surface area (Å²) < 4.78 is 0. The molecule has 0 bridgehead atoms. The van der Waals surface area contributed by atoms with Gasteiger partial charge in [-0.1, -0.05) is 72.8 Å².